The largest absolute Gasteiger partial charge is 0.495 e. The number of Topliss-reactive ketones (excluding diaryl/α,β-unsaturated/α-hetero) is 1. The molecule has 1 aromatic carbocycles. The number of nitrogens with zero attached hydrogens (tertiary/aromatic N) is 1. The Kier molecular flexibility index (Phi) is 3.64. The molecule has 17 heavy (non-hydrogen) atoms. The molecular formula is C12H12ClNO3. The number of benzene rings is 1. The average Bonchev–Trinajstić information content (AvgIpc) is 2.81. The molecule has 0 saturated heterocycles. The summed E-state index contributed by atoms with van der Waals surface area (Å²) in [5, 5.41) is 0.424. The Balaban J connectivity index is 2.11. The Labute approximate surface area is 104 Å². The molecule has 1 aliphatic rings. The molecule has 0 unspecified atom stereocenters. The Morgan fingerprint density at radius 1 is 1.59 bits per heavy atom. The van der Waals surface area contributed by atoms with E-state index in [4.69, 9.17) is 21.1 Å². The maximum Gasteiger partial charge on any atom is 0.191 e. The van der Waals surface area contributed by atoms with Crippen LogP contribution in [0.3, 0.4) is 0 Å². The van der Waals surface area contributed by atoms with Crippen molar-refractivity contribution >= 4 is 23.3 Å². The van der Waals surface area contributed by atoms with Crippen molar-refractivity contribution in [2.24, 2.45) is 4.99 Å². The number of ether oxygens (including phenoxy) is 2. The van der Waals surface area contributed by atoms with Gasteiger partial charge in [0.25, 0.3) is 0 Å². The first-order chi connectivity index (χ1) is 8.20. The molecule has 0 saturated carbocycles. The van der Waals surface area contributed by atoms with Gasteiger partial charge in [-0.05, 0) is 18.2 Å². The van der Waals surface area contributed by atoms with E-state index in [0.29, 0.717) is 35.4 Å². The number of ketones is 1. The van der Waals surface area contributed by atoms with E-state index in [2.05, 4.69) is 4.99 Å². The van der Waals surface area contributed by atoms with Crippen molar-refractivity contribution < 1.29 is 14.3 Å². The van der Waals surface area contributed by atoms with E-state index in [9.17, 15) is 4.79 Å². The average molecular weight is 254 g/mol. The molecule has 0 bridgehead atoms. The highest BCUT2D eigenvalue weighted by atomic mass is 35.5. The molecule has 90 valence electrons. The first-order valence-electron chi connectivity index (χ1n) is 5.23. The Hall–Kier alpha value is -1.55. The van der Waals surface area contributed by atoms with Crippen molar-refractivity contribution in [2.45, 2.75) is 6.42 Å². The lowest BCUT2D eigenvalue weighted by molar-refractivity contribution is 0.0994. The van der Waals surface area contributed by atoms with Gasteiger partial charge in [0.15, 0.2) is 11.7 Å². The van der Waals surface area contributed by atoms with Gasteiger partial charge in [0.2, 0.25) is 0 Å². The predicted molar refractivity (Wildman–Crippen MR) is 65.2 cm³/mol. The van der Waals surface area contributed by atoms with Gasteiger partial charge in [0.05, 0.1) is 25.1 Å². The van der Waals surface area contributed by atoms with Crippen molar-refractivity contribution in [3.8, 4) is 5.75 Å². The SMILES string of the molecule is COc1ccc(C(=O)CC2=NCCO2)cc1Cl. The zero-order valence-electron chi connectivity index (χ0n) is 9.40. The van der Waals surface area contributed by atoms with Crippen molar-refractivity contribution in [2.75, 3.05) is 20.3 Å². The predicted octanol–water partition coefficient (Wildman–Crippen LogP) is 2.35. The molecule has 4 nitrogen and oxygen atoms in total. The number of rotatable bonds is 4. The Morgan fingerprint density at radius 2 is 2.41 bits per heavy atom. The van der Waals surface area contributed by atoms with Gasteiger partial charge in [0.1, 0.15) is 12.4 Å². The number of aliphatic imine (C=N–C) groups is 1. The standard InChI is InChI=1S/C12H12ClNO3/c1-16-11-3-2-8(6-9(11)13)10(15)7-12-14-4-5-17-12/h2-3,6H,4-5,7H2,1H3. The fourth-order valence-electron chi connectivity index (χ4n) is 1.57. The van der Waals surface area contributed by atoms with Crippen LogP contribution >= 0.6 is 11.6 Å². The molecule has 0 radical (unpaired) electrons. The van der Waals surface area contributed by atoms with Crippen molar-refractivity contribution in [1.29, 1.82) is 0 Å². The molecule has 0 N–H and O–H groups in total. The van der Waals surface area contributed by atoms with E-state index in [1.165, 1.54) is 7.11 Å². The number of carbonyl (C=O) groups is 1. The monoisotopic (exact) mass is 253 g/mol. The van der Waals surface area contributed by atoms with Crippen LogP contribution in [0.4, 0.5) is 0 Å². The molecule has 0 spiro atoms. The number of carbonyl (C=O) groups excluding carboxylic acids is 1. The summed E-state index contributed by atoms with van der Waals surface area (Å²) in [6.07, 6.45) is 0.183. The quantitative estimate of drug-likeness (QED) is 0.774. The Morgan fingerprint density at radius 3 is 3.00 bits per heavy atom. The molecule has 0 aliphatic carbocycles. The third-order valence-electron chi connectivity index (χ3n) is 2.43. The second-order valence-electron chi connectivity index (χ2n) is 3.57. The molecule has 0 aromatic heterocycles. The van der Waals surface area contributed by atoms with E-state index in [0.717, 1.165) is 0 Å². The second-order valence-corrected chi connectivity index (χ2v) is 3.98. The van der Waals surface area contributed by atoms with Crippen LogP contribution in [0.5, 0.6) is 5.75 Å². The normalized spacial score (nSPS) is 14.1. The number of hydrogen-bond donors (Lipinski definition) is 0. The molecule has 5 heteroatoms. The smallest absolute Gasteiger partial charge is 0.191 e. The minimum absolute atomic E-state index is 0.0600. The summed E-state index contributed by atoms with van der Waals surface area (Å²) >= 11 is 5.95. The van der Waals surface area contributed by atoms with Gasteiger partial charge in [-0.2, -0.15) is 0 Å². The van der Waals surface area contributed by atoms with Gasteiger partial charge in [0, 0.05) is 5.56 Å². The molecule has 0 fully saturated rings. The summed E-state index contributed by atoms with van der Waals surface area (Å²) in [7, 11) is 1.53. The van der Waals surface area contributed by atoms with Crippen molar-refractivity contribution in [1.82, 2.24) is 0 Å². The van der Waals surface area contributed by atoms with Crippen LogP contribution in [-0.2, 0) is 4.74 Å². The zero-order valence-corrected chi connectivity index (χ0v) is 10.2. The highest BCUT2D eigenvalue weighted by Gasteiger charge is 2.15. The summed E-state index contributed by atoms with van der Waals surface area (Å²) in [4.78, 5) is 16.0. The lowest BCUT2D eigenvalue weighted by Gasteiger charge is -2.05. The van der Waals surface area contributed by atoms with Crippen molar-refractivity contribution in [3.05, 3.63) is 28.8 Å². The summed E-state index contributed by atoms with van der Waals surface area (Å²) in [5.41, 5.74) is 0.536. The first kappa shape index (κ1) is 11.9. The van der Waals surface area contributed by atoms with Crippen LogP contribution in [-0.4, -0.2) is 31.9 Å². The van der Waals surface area contributed by atoms with Crippen LogP contribution in [0.25, 0.3) is 0 Å². The summed E-state index contributed by atoms with van der Waals surface area (Å²) in [6.45, 7) is 1.19. The highest BCUT2D eigenvalue weighted by molar-refractivity contribution is 6.32. The summed E-state index contributed by atoms with van der Waals surface area (Å²) < 4.78 is 10.2. The maximum absolute atomic E-state index is 11.9. The van der Waals surface area contributed by atoms with Crippen LogP contribution < -0.4 is 4.74 Å². The lowest BCUT2D eigenvalue weighted by atomic mass is 10.1. The van der Waals surface area contributed by atoms with Gasteiger partial charge < -0.3 is 9.47 Å². The van der Waals surface area contributed by atoms with Gasteiger partial charge in [-0.25, -0.2) is 0 Å². The molecule has 2 rings (SSSR count). The number of methoxy groups -OCH3 is 1. The van der Waals surface area contributed by atoms with E-state index in [1.54, 1.807) is 18.2 Å². The molecule has 1 heterocycles. The zero-order chi connectivity index (χ0) is 12.3. The molecule has 1 aromatic rings. The Bertz CT molecular complexity index is 471. The second kappa shape index (κ2) is 5.19. The third kappa shape index (κ3) is 2.77. The molecule has 0 atom stereocenters. The van der Waals surface area contributed by atoms with Gasteiger partial charge in [-0.3, -0.25) is 9.79 Å². The fraction of sp³-hybridized carbons (Fsp3) is 0.333. The van der Waals surface area contributed by atoms with Crippen LogP contribution in [0.1, 0.15) is 16.8 Å². The van der Waals surface area contributed by atoms with Crippen LogP contribution in [0.2, 0.25) is 5.02 Å². The number of hydrogen-bond acceptors (Lipinski definition) is 4. The van der Waals surface area contributed by atoms with Gasteiger partial charge in [-0.1, -0.05) is 11.6 Å². The minimum atomic E-state index is -0.0600. The molecular weight excluding hydrogens is 242 g/mol. The summed E-state index contributed by atoms with van der Waals surface area (Å²) in [6, 6.07) is 4.95. The van der Waals surface area contributed by atoms with Crippen LogP contribution in [0.15, 0.2) is 23.2 Å². The third-order valence-corrected chi connectivity index (χ3v) is 2.73. The van der Waals surface area contributed by atoms with E-state index < -0.39 is 0 Å². The van der Waals surface area contributed by atoms with Gasteiger partial charge >= 0.3 is 0 Å². The van der Waals surface area contributed by atoms with E-state index in [1.807, 2.05) is 0 Å². The van der Waals surface area contributed by atoms with Gasteiger partial charge in [-0.15, -0.1) is 0 Å². The molecule has 0 amide bonds. The first-order valence-corrected chi connectivity index (χ1v) is 5.61. The topological polar surface area (TPSA) is 47.9 Å². The van der Waals surface area contributed by atoms with Crippen molar-refractivity contribution in [3.63, 3.8) is 0 Å². The molecule has 1 aliphatic heterocycles. The van der Waals surface area contributed by atoms with E-state index >= 15 is 0 Å². The lowest BCUT2D eigenvalue weighted by Crippen LogP contribution is -2.08. The highest BCUT2D eigenvalue weighted by Crippen LogP contribution is 2.25. The number of halogens is 1. The minimum Gasteiger partial charge on any atom is -0.495 e. The summed E-state index contributed by atoms with van der Waals surface area (Å²) in [5.74, 6) is 0.995. The fourth-order valence-corrected chi connectivity index (χ4v) is 1.82. The maximum atomic E-state index is 11.9. The van der Waals surface area contributed by atoms with Crippen LogP contribution in [0, 0.1) is 0 Å². The van der Waals surface area contributed by atoms with E-state index in [-0.39, 0.29) is 12.2 Å².